The highest BCUT2D eigenvalue weighted by atomic mass is 16.3. The fourth-order valence-corrected chi connectivity index (χ4v) is 3.01. The molecule has 0 fully saturated rings. The molecule has 0 aromatic heterocycles. The summed E-state index contributed by atoms with van der Waals surface area (Å²) < 4.78 is 0. The molecule has 2 aromatic rings. The molecule has 1 N–H and O–H groups in total. The van der Waals surface area contributed by atoms with Gasteiger partial charge in [-0.3, -0.25) is 0 Å². The average molecular weight is 268 g/mol. The molecule has 2 aromatic carbocycles. The lowest BCUT2D eigenvalue weighted by Gasteiger charge is -2.17. The van der Waals surface area contributed by atoms with Gasteiger partial charge >= 0.3 is 0 Å². The predicted molar refractivity (Wildman–Crippen MR) is 85.0 cm³/mol. The maximum absolute atomic E-state index is 10.5. The number of hydrogen-bond acceptors (Lipinski definition) is 1. The van der Waals surface area contributed by atoms with E-state index in [4.69, 9.17) is 0 Å². The molecule has 2 rings (SSSR count). The summed E-state index contributed by atoms with van der Waals surface area (Å²) in [6.45, 7) is 6.29. The summed E-state index contributed by atoms with van der Waals surface area (Å²) in [6.07, 6.45) is 2.51. The van der Waals surface area contributed by atoms with E-state index in [9.17, 15) is 5.11 Å². The summed E-state index contributed by atoms with van der Waals surface area (Å²) in [6, 6.07) is 14.8. The van der Waals surface area contributed by atoms with E-state index in [2.05, 4.69) is 57.2 Å². The lowest BCUT2D eigenvalue weighted by molar-refractivity contribution is 0.163. The van der Waals surface area contributed by atoms with Gasteiger partial charge in [0.05, 0.1) is 6.10 Å². The van der Waals surface area contributed by atoms with Crippen molar-refractivity contribution in [3.8, 4) is 0 Å². The summed E-state index contributed by atoms with van der Waals surface area (Å²) in [5, 5.41) is 10.5. The summed E-state index contributed by atoms with van der Waals surface area (Å²) in [7, 11) is 0. The molecule has 1 nitrogen and oxygen atoms in total. The molecule has 0 spiro atoms. The molecule has 1 heteroatoms. The Bertz CT molecular complexity index is 534. The van der Waals surface area contributed by atoms with E-state index in [1.165, 1.54) is 22.3 Å². The molecule has 0 saturated heterocycles. The van der Waals surface area contributed by atoms with Crippen molar-refractivity contribution in [2.45, 2.75) is 46.1 Å². The van der Waals surface area contributed by atoms with E-state index < -0.39 is 0 Å². The Morgan fingerprint density at radius 3 is 2.15 bits per heavy atom. The predicted octanol–water partition coefficient (Wildman–Crippen LogP) is 4.67. The topological polar surface area (TPSA) is 20.2 Å². The molecular formula is C19H24O. The first kappa shape index (κ1) is 14.8. The highest BCUT2D eigenvalue weighted by molar-refractivity contribution is 5.38. The number of rotatable bonds is 5. The minimum absolute atomic E-state index is 0.348. The number of benzene rings is 2. The third-order valence-electron chi connectivity index (χ3n) is 3.86. The summed E-state index contributed by atoms with van der Waals surface area (Å²) in [5.74, 6) is 0. The molecule has 0 bridgehead atoms. The van der Waals surface area contributed by atoms with Gasteiger partial charge in [-0.2, -0.15) is 0 Å². The van der Waals surface area contributed by atoms with Crippen LogP contribution in [0.4, 0.5) is 0 Å². The van der Waals surface area contributed by atoms with Crippen LogP contribution in [-0.2, 0) is 6.42 Å². The van der Waals surface area contributed by atoms with Crippen molar-refractivity contribution in [1.82, 2.24) is 0 Å². The van der Waals surface area contributed by atoms with E-state index in [1.54, 1.807) is 0 Å². The Hall–Kier alpha value is -1.60. The molecule has 0 heterocycles. The van der Waals surface area contributed by atoms with Crippen LogP contribution in [0.25, 0.3) is 0 Å². The van der Waals surface area contributed by atoms with E-state index in [0.29, 0.717) is 0 Å². The van der Waals surface area contributed by atoms with E-state index in [1.807, 2.05) is 6.07 Å². The zero-order chi connectivity index (χ0) is 14.5. The van der Waals surface area contributed by atoms with Crippen LogP contribution in [0.3, 0.4) is 0 Å². The van der Waals surface area contributed by atoms with E-state index in [0.717, 1.165) is 24.8 Å². The highest BCUT2D eigenvalue weighted by Gasteiger charge is 2.13. The van der Waals surface area contributed by atoms with Crippen molar-refractivity contribution in [2.24, 2.45) is 0 Å². The van der Waals surface area contributed by atoms with Gasteiger partial charge in [-0.25, -0.2) is 0 Å². The third kappa shape index (κ3) is 3.71. The van der Waals surface area contributed by atoms with Gasteiger partial charge in [-0.15, -0.1) is 0 Å². The average Bonchev–Trinajstić information content (AvgIpc) is 2.38. The normalized spacial score (nSPS) is 12.4. The van der Waals surface area contributed by atoms with Gasteiger partial charge in [-0.1, -0.05) is 48.0 Å². The van der Waals surface area contributed by atoms with Crippen molar-refractivity contribution in [3.05, 3.63) is 70.3 Å². The summed E-state index contributed by atoms with van der Waals surface area (Å²) in [5.41, 5.74) is 6.13. The first-order valence-electron chi connectivity index (χ1n) is 7.37. The van der Waals surface area contributed by atoms with Crippen molar-refractivity contribution in [2.75, 3.05) is 0 Å². The van der Waals surface area contributed by atoms with Crippen molar-refractivity contribution >= 4 is 0 Å². The minimum atomic E-state index is -0.348. The van der Waals surface area contributed by atoms with Gasteiger partial charge < -0.3 is 5.11 Å². The Balaban J connectivity index is 1.97. The Labute approximate surface area is 122 Å². The van der Waals surface area contributed by atoms with Gasteiger partial charge in [0.1, 0.15) is 0 Å². The molecular weight excluding hydrogens is 244 g/mol. The number of hydrogen-bond donors (Lipinski definition) is 1. The highest BCUT2D eigenvalue weighted by Crippen LogP contribution is 2.27. The molecule has 106 valence electrons. The standard InChI is InChI=1S/C19H24O/c1-14-12-15(2)19(16(3)13-14)18(20)11-7-10-17-8-5-4-6-9-17/h4-6,8-9,12-13,18,20H,7,10-11H2,1-3H3. The van der Waals surface area contributed by atoms with E-state index >= 15 is 0 Å². The van der Waals surface area contributed by atoms with Crippen LogP contribution < -0.4 is 0 Å². The lowest BCUT2D eigenvalue weighted by atomic mass is 9.92. The maximum atomic E-state index is 10.5. The van der Waals surface area contributed by atoms with Gasteiger partial charge in [0.25, 0.3) is 0 Å². The van der Waals surface area contributed by atoms with Crippen molar-refractivity contribution in [1.29, 1.82) is 0 Å². The number of aliphatic hydroxyl groups excluding tert-OH is 1. The second kappa shape index (κ2) is 6.71. The van der Waals surface area contributed by atoms with Crippen LogP contribution in [0.15, 0.2) is 42.5 Å². The zero-order valence-corrected chi connectivity index (χ0v) is 12.7. The van der Waals surface area contributed by atoms with Crippen LogP contribution in [0.1, 0.15) is 46.8 Å². The first-order valence-corrected chi connectivity index (χ1v) is 7.37. The molecule has 20 heavy (non-hydrogen) atoms. The minimum Gasteiger partial charge on any atom is -0.388 e. The molecule has 1 atom stereocenters. The monoisotopic (exact) mass is 268 g/mol. The molecule has 0 aliphatic carbocycles. The second-order valence-corrected chi connectivity index (χ2v) is 5.71. The van der Waals surface area contributed by atoms with Gasteiger partial charge in [0, 0.05) is 0 Å². The summed E-state index contributed by atoms with van der Waals surface area (Å²) in [4.78, 5) is 0. The Kier molecular flexibility index (Phi) is 4.97. The fraction of sp³-hybridized carbons (Fsp3) is 0.368. The van der Waals surface area contributed by atoms with Crippen molar-refractivity contribution in [3.63, 3.8) is 0 Å². The van der Waals surface area contributed by atoms with Crippen LogP contribution in [0, 0.1) is 20.8 Å². The number of aryl methyl sites for hydroxylation is 4. The van der Waals surface area contributed by atoms with Crippen LogP contribution in [0.5, 0.6) is 0 Å². The zero-order valence-electron chi connectivity index (χ0n) is 12.7. The summed E-state index contributed by atoms with van der Waals surface area (Å²) >= 11 is 0. The quantitative estimate of drug-likeness (QED) is 0.835. The molecule has 0 aliphatic rings. The molecule has 0 radical (unpaired) electrons. The molecule has 1 unspecified atom stereocenters. The van der Waals surface area contributed by atoms with Gasteiger partial charge in [0.2, 0.25) is 0 Å². The SMILES string of the molecule is Cc1cc(C)c(C(O)CCCc2ccccc2)c(C)c1. The van der Waals surface area contributed by atoms with Crippen LogP contribution in [-0.4, -0.2) is 5.11 Å². The first-order chi connectivity index (χ1) is 9.58. The lowest BCUT2D eigenvalue weighted by Crippen LogP contribution is -2.04. The Morgan fingerprint density at radius 1 is 0.950 bits per heavy atom. The van der Waals surface area contributed by atoms with E-state index in [-0.39, 0.29) is 6.10 Å². The van der Waals surface area contributed by atoms with Gasteiger partial charge in [0.15, 0.2) is 0 Å². The smallest absolute Gasteiger partial charge is 0.0795 e. The molecule has 0 amide bonds. The molecule has 0 saturated carbocycles. The molecule has 0 aliphatic heterocycles. The van der Waals surface area contributed by atoms with Gasteiger partial charge in [-0.05, 0) is 62.3 Å². The largest absolute Gasteiger partial charge is 0.388 e. The number of aliphatic hydroxyl groups is 1. The van der Waals surface area contributed by atoms with Crippen LogP contribution >= 0.6 is 0 Å². The third-order valence-corrected chi connectivity index (χ3v) is 3.86. The second-order valence-electron chi connectivity index (χ2n) is 5.71. The van der Waals surface area contributed by atoms with Crippen LogP contribution in [0.2, 0.25) is 0 Å². The Morgan fingerprint density at radius 2 is 1.55 bits per heavy atom. The fourth-order valence-electron chi connectivity index (χ4n) is 3.01. The van der Waals surface area contributed by atoms with Crippen molar-refractivity contribution < 1.29 is 5.11 Å². The maximum Gasteiger partial charge on any atom is 0.0795 e.